The molecule has 36 heavy (non-hydrogen) atoms. The molecule has 8 nitrogen and oxygen atoms in total. The van der Waals surface area contributed by atoms with Crippen molar-refractivity contribution in [3.8, 4) is 16.9 Å². The third-order valence-corrected chi connectivity index (χ3v) is 6.61. The second-order valence-corrected chi connectivity index (χ2v) is 9.08. The SMILES string of the molecule is C[C@H](NC(=O)[C@H]1CCCN1Cc1ccc(O)c(-c2ccc(C(N)=O)cc2)c1)c1ccc(C(=O)O)cc1. The van der Waals surface area contributed by atoms with E-state index in [1.807, 2.05) is 19.1 Å². The average Bonchev–Trinajstić information content (AvgIpc) is 3.33. The van der Waals surface area contributed by atoms with E-state index in [2.05, 4.69) is 10.2 Å². The highest BCUT2D eigenvalue weighted by Crippen LogP contribution is 2.31. The van der Waals surface area contributed by atoms with E-state index in [0.717, 1.165) is 36.1 Å². The van der Waals surface area contributed by atoms with Gasteiger partial charge in [0.2, 0.25) is 11.8 Å². The van der Waals surface area contributed by atoms with Crippen LogP contribution >= 0.6 is 0 Å². The third-order valence-electron chi connectivity index (χ3n) is 6.61. The number of rotatable bonds is 8. The first kappa shape index (κ1) is 24.9. The number of amides is 2. The fraction of sp³-hybridized carbons (Fsp3) is 0.250. The molecular formula is C28H29N3O5. The van der Waals surface area contributed by atoms with E-state index in [1.54, 1.807) is 42.5 Å². The predicted molar refractivity (Wildman–Crippen MR) is 135 cm³/mol. The number of nitrogens with one attached hydrogen (secondary N) is 1. The summed E-state index contributed by atoms with van der Waals surface area (Å²) in [6, 6.07) is 18.1. The summed E-state index contributed by atoms with van der Waals surface area (Å²) < 4.78 is 0. The zero-order chi connectivity index (χ0) is 25.8. The summed E-state index contributed by atoms with van der Waals surface area (Å²) in [6.45, 7) is 3.21. The van der Waals surface area contributed by atoms with Gasteiger partial charge in [-0.3, -0.25) is 14.5 Å². The summed E-state index contributed by atoms with van der Waals surface area (Å²) in [5, 5.41) is 22.6. The quantitative estimate of drug-likeness (QED) is 0.383. The number of hydrogen-bond acceptors (Lipinski definition) is 5. The Bertz CT molecular complexity index is 1270. The molecule has 2 amide bonds. The van der Waals surface area contributed by atoms with Gasteiger partial charge in [-0.1, -0.05) is 30.3 Å². The Kier molecular flexibility index (Phi) is 7.36. The van der Waals surface area contributed by atoms with Gasteiger partial charge in [0, 0.05) is 17.7 Å². The summed E-state index contributed by atoms with van der Waals surface area (Å²) in [7, 11) is 0. The Labute approximate surface area is 209 Å². The number of benzene rings is 3. The lowest BCUT2D eigenvalue weighted by atomic mass is 10.00. The monoisotopic (exact) mass is 487 g/mol. The highest BCUT2D eigenvalue weighted by molar-refractivity contribution is 5.93. The Morgan fingerprint density at radius 2 is 1.69 bits per heavy atom. The van der Waals surface area contributed by atoms with E-state index in [4.69, 9.17) is 10.8 Å². The van der Waals surface area contributed by atoms with Gasteiger partial charge in [-0.15, -0.1) is 0 Å². The van der Waals surface area contributed by atoms with Gasteiger partial charge >= 0.3 is 5.97 Å². The molecule has 186 valence electrons. The van der Waals surface area contributed by atoms with Gasteiger partial charge in [0.1, 0.15) is 5.75 Å². The number of carbonyl (C=O) groups is 3. The van der Waals surface area contributed by atoms with E-state index in [-0.39, 0.29) is 29.3 Å². The first-order chi connectivity index (χ1) is 17.2. The molecule has 0 unspecified atom stereocenters. The number of carbonyl (C=O) groups excluding carboxylic acids is 2. The first-order valence-electron chi connectivity index (χ1n) is 11.8. The summed E-state index contributed by atoms with van der Waals surface area (Å²) >= 11 is 0. The average molecular weight is 488 g/mol. The molecule has 0 spiro atoms. The van der Waals surface area contributed by atoms with Crippen LogP contribution in [0, 0.1) is 0 Å². The van der Waals surface area contributed by atoms with Crippen LogP contribution in [-0.4, -0.2) is 45.5 Å². The molecule has 3 aromatic rings. The molecule has 0 bridgehead atoms. The Hall–Kier alpha value is -4.17. The number of aromatic carboxylic acids is 1. The van der Waals surface area contributed by atoms with E-state index in [9.17, 15) is 19.5 Å². The molecule has 0 aromatic heterocycles. The van der Waals surface area contributed by atoms with Crippen molar-refractivity contribution in [1.82, 2.24) is 10.2 Å². The molecule has 0 radical (unpaired) electrons. The zero-order valence-electron chi connectivity index (χ0n) is 20.0. The first-order valence-corrected chi connectivity index (χ1v) is 11.8. The molecule has 1 aliphatic heterocycles. The van der Waals surface area contributed by atoms with Crippen LogP contribution in [0.3, 0.4) is 0 Å². The maximum absolute atomic E-state index is 13.1. The van der Waals surface area contributed by atoms with Gasteiger partial charge in [-0.05, 0) is 79.4 Å². The minimum atomic E-state index is -0.986. The third kappa shape index (κ3) is 5.55. The van der Waals surface area contributed by atoms with E-state index in [1.165, 1.54) is 12.1 Å². The van der Waals surface area contributed by atoms with Crippen LogP contribution in [0.4, 0.5) is 0 Å². The van der Waals surface area contributed by atoms with Crippen LogP contribution in [0.25, 0.3) is 11.1 Å². The number of likely N-dealkylation sites (tertiary alicyclic amines) is 1. The second kappa shape index (κ2) is 10.6. The maximum Gasteiger partial charge on any atom is 0.335 e. The van der Waals surface area contributed by atoms with Crippen molar-refractivity contribution in [1.29, 1.82) is 0 Å². The smallest absolute Gasteiger partial charge is 0.335 e. The minimum absolute atomic E-state index is 0.0663. The minimum Gasteiger partial charge on any atom is -0.507 e. The summed E-state index contributed by atoms with van der Waals surface area (Å²) in [4.78, 5) is 37.7. The van der Waals surface area contributed by atoms with Crippen molar-refractivity contribution in [2.24, 2.45) is 5.73 Å². The Morgan fingerprint density at radius 3 is 2.33 bits per heavy atom. The number of carboxylic acids is 1. The van der Waals surface area contributed by atoms with Gasteiger partial charge in [-0.2, -0.15) is 0 Å². The standard InChI is InChI=1S/C28H29N3O5/c1-17(19-5-11-22(12-6-19)28(35)36)30-27(34)24-3-2-14-31(24)16-18-4-13-25(32)23(15-18)20-7-9-21(10-8-20)26(29)33/h4-13,15,17,24,32H,2-3,14,16H2,1H3,(H2,29,33)(H,30,34)(H,35,36)/t17-,24+/m0/s1. The van der Waals surface area contributed by atoms with Crippen molar-refractivity contribution < 1.29 is 24.6 Å². The highest BCUT2D eigenvalue weighted by atomic mass is 16.4. The van der Waals surface area contributed by atoms with Crippen LogP contribution < -0.4 is 11.1 Å². The Morgan fingerprint density at radius 1 is 1.03 bits per heavy atom. The number of hydrogen-bond donors (Lipinski definition) is 4. The van der Waals surface area contributed by atoms with Crippen molar-refractivity contribution in [2.45, 2.75) is 38.4 Å². The van der Waals surface area contributed by atoms with Gasteiger partial charge in [-0.25, -0.2) is 4.79 Å². The lowest BCUT2D eigenvalue weighted by Gasteiger charge is -2.26. The number of carboxylic acid groups (broad SMARTS) is 1. The van der Waals surface area contributed by atoms with Crippen LogP contribution in [-0.2, 0) is 11.3 Å². The normalized spacial score (nSPS) is 16.4. The van der Waals surface area contributed by atoms with Crippen molar-refractivity contribution in [3.05, 3.63) is 89.0 Å². The molecule has 2 atom stereocenters. The molecule has 8 heteroatoms. The van der Waals surface area contributed by atoms with Crippen molar-refractivity contribution in [3.63, 3.8) is 0 Å². The molecule has 5 N–H and O–H groups in total. The van der Waals surface area contributed by atoms with Crippen LogP contribution in [0.15, 0.2) is 66.7 Å². The molecule has 1 fully saturated rings. The molecular weight excluding hydrogens is 458 g/mol. The van der Waals surface area contributed by atoms with Gasteiger partial charge in [0.25, 0.3) is 0 Å². The van der Waals surface area contributed by atoms with E-state index >= 15 is 0 Å². The summed E-state index contributed by atoms with van der Waals surface area (Å²) in [6.07, 6.45) is 1.65. The predicted octanol–water partition coefficient (Wildman–Crippen LogP) is 3.70. The number of phenols is 1. The van der Waals surface area contributed by atoms with Crippen LogP contribution in [0.1, 0.15) is 57.7 Å². The number of nitrogens with zero attached hydrogens (tertiary/aromatic N) is 1. The number of nitrogens with two attached hydrogens (primary N) is 1. The number of primary amides is 1. The molecule has 3 aromatic carbocycles. The molecule has 0 saturated carbocycles. The van der Waals surface area contributed by atoms with Crippen molar-refractivity contribution >= 4 is 17.8 Å². The topological polar surface area (TPSA) is 133 Å². The van der Waals surface area contributed by atoms with E-state index in [0.29, 0.717) is 17.7 Å². The fourth-order valence-electron chi connectivity index (χ4n) is 4.58. The van der Waals surface area contributed by atoms with Gasteiger partial charge in [0.05, 0.1) is 17.6 Å². The molecule has 1 aliphatic rings. The highest BCUT2D eigenvalue weighted by Gasteiger charge is 2.31. The van der Waals surface area contributed by atoms with Gasteiger partial charge < -0.3 is 21.3 Å². The second-order valence-electron chi connectivity index (χ2n) is 9.08. The van der Waals surface area contributed by atoms with Crippen LogP contribution in [0.5, 0.6) is 5.75 Å². The van der Waals surface area contributed by atoms with Crippen molar-refractivity contribution in [2.75, 3.05) is 6.54 Å². The molecule has 1 heterocycles. The maximum atomic E-state index is 13.1. The molecule has 0 aliphatic carbocycles. The lowest BCUT2D eigenvalue weighted by Crippen LogP contribution is -2.43. The largest absolute Gasteiger partial charge is 0.507 e. The van der Waals surface area contributed by atoms with E-state index < -0.39 is 11.9 Å². The zero-order valence-corrected chi connectivity index (χ0v) is 20.0. The summed E-state index contributed by atoms with van der Waals surface area (Å²) in [5.74, 6) is -1.43. The molecule has 1 saturated heterocycles. The Balaban J connectivity index is 1.44. The van der Waals surface area contributed by atoms with Gasteiger partial charge in [0.15, 0.2) is 0 Å². The lowest BCUT2D eigenvalue weighted by molar-refractivity contribution is -0.126. The number of aromatic hydroxyl groups is 1. The number of phenolic OH excluding ortho intramolecular Hbond substituents is 1. The fourth-order valence-corrected chi connectivity index (χ4v) is 4.58. The summed E-state index contributed by atoms with van der Waals surface area (Å²) in [5.41, 5.74) is 9.11. The van der Waals surface area contributed by atoms with Crippen LogP contribution in [0.2, 0.25) is 0 Å². The molecule has 4 rings (SSSR count).